The van der Waals surface area contributed by atoms with Gasteiger partial charge in [0.15, 0.2) is 5.82 Å². The van der Waals surface area contributed by atoms with E-state index in [0.717, 1.165) is 18.2 Å². The Bertz CT molecular complexity index is 1460. The zero-order valence-corrected chi connectivity index (χ0v) is 19.0. The van der Waals surface area contributed by atoms with Crippen LogP contribution in [0.5, 0.6) is 0 Å². The maximum atomic E-state index is 13.6. The molecule has 0 unspecified atom stereocenters. The number of rotatable bonds is 5. The summed E-state index contributed by atoms with van der Waals surface area (Å²) in [5, 5.41) is 3.50. The molecular formula is C25H18F6N6. The molecule has 2 aromatic carbocycles. The highest BCUT2D eigenvalue weighted by atomic mass is 19.4. The summed E-state index contributed by atoms with van der Waals surface area (Å²) in [5.74, 6) is 0.670. The van der Waals surface area contributed by atoms with E-state index >= 15 is 0 Å². The van der Waals surface area contributed by atoms with Crippen molar-refractivity contribution in [3.8, 4) is 11.3 Å². The van der Waals surface area contributed by atoms with E-state index < -0.39 is 23.5 Å². The molecule has 0 atom stereocenters. The van der Waals surface area contributed by atoms with Crippen LogP contribution in [0.25, 0.3) is 22.2 Å². The normalized spacial score (nSPS) is 13.9. The van der Waals surface area contributed by atoms with Crippen LogP contribution in [0.1, 0.15) is 17.0 Å². The molecule has 12 heteroatoms. The lowest BCUT2D eigenvalue weighted by Gasteiger charge is -2.16. The minimum absolute atomic E-state index is 0.216. The monoisotopic (exact) mass is 516 g/mol. The molecule has 2 aromatic heterocycles. The Morgan fingerprint density at radius 3 is 2.35 bits per heavy atom. The van der Waals surface area contributed by atoms with Crippen molar-refractivity contribution in [3.63, 3.8) is 0 Å². The van der Waals surface area contributed by atoms with Gasteiger partial charge in [-0.1, -0.05) is 6.07 Å². The van der Waals surface area contributed by atoms with E-state index in [1.165, 1.54) is 36.5 Å². The SMILES string of the molecule is FC(F)(F)c1ccc(Nc2nc(CN3C=NCC3)nc3cc(-c4ncccc4C(F)(F)F)ccc23)cc1. The number of nitrogens with zero attached hydrogens (tertiary/aromatic N) is 5. The van der Waals surface area contributed by atoms with Gasteiger partial charge in [0.05, 0.1) is 41.8 Å². The number of fused-ring (bicyclic) bond motifs is 1. The first kappa shape index (κ1) is 24.5. The van der Waals surface area contributed by atoms with Gasteiger partial charge in [0.2, 0.25) is 0 Å². The molecular weight excluding hydrogens is 498 g/mol. The summed E-state index contributed by atoms with van der Waals surface area (Å²) in [7, 11) is 0. The Balaban J connectivity index is 1.58. The van der Waals surface area contributed by atoms with Gasteiger partial charge in [-0.3, -0.25) is 9.98 Å². The van der Waals surface area contributed by atoms with Crippen molar-refractivity contribution >= 4 is 28.7 Å². The molecule has 0 amide bonds. The molecule has 0 saturated carbocycles. The first-order valence-corrected chi connectivity index (χ1v) is 11.1. The van der Waals surface area contributed by atoms with Crippen LogP contribution in [0, 0.1) is 0 Å². The van der Waals surface area contributed by atoms with Crippen LogP contribution in [-0.2, 0) is 18.9 Å². The fourth-order valence-corrected chi connectivity index (χ4v) is 3.95. The van der Waals surface area contributed by atoms with E-state index in [1.54, 1.807) is 12.4 Å². The molecule has 1 aliphatic rings. The van der Waals surface area contributed by atoms with Crippen molar-refractivity contribution in [2.45, 2.75) is 18.9 Å². The van der Waals surface area contributed by atoms with Crippen LogP contribution in [0.4, 0.5) is 37.8 Å². The van der Waals surface area contributed by atoms with Crippen LogP contribution in [-0.4, -0.2) is 39.3 Å². The Morgan fingerprint density at radius 2 is 1.68 bits per heavy atom. The molecule has 0 saturated heterocycles. The number of benzene rings is 2. The third-order valence-corrected chi connectivity index (χ3v) is 5.71. The van der Waals surface area contributed by atoms with Gasteiger partial charge < -0.3 is 10.2 Å². The minimum Gasteiger partial charge on any atom is -0.354 e. The maximum absolute atomic E-state index is 13.6. The Kier molecular flexibility index (Phi) is 6.18. The average molecular weight is 516 g/mol. The largest absolute Gasteiger partial charge is 0.418 e. The second kappa shape index (κ2) is 9.34. The highest BCUT2D eigenvalue weighted by molar-refractivity contribution is 5.93. The van der Waals surface area contributed by atoms with E-state index in [9.17, 15) is 26.3 Å². The molecule has 3 heterocycles. The minimum atomic E-state index is -4.60. The lowest BCUT2D eigenvalue weighted by molar-refractivity contribution is -0.138. The van der Waals surface area contributed by atoms with Gasteiger partial charge in [0.25, 0.3) is 0 Å². The quantitative estimate of drug-likeness (QED) is 0.315. The number of alkyl halides is 6. The molecule has 190 valence electrons. The lowest BCUT2D eigenvalue weighted by atomic mass is 10.0. The van der Waals surface area contributed by atoms with Gasteiger partial charge in [-0.15, -0.1) is 0 Å². The van der Waals surface area contributed by atoms with Crippen LogP contribution in [0.15, 0.2) is 65.8 Å². The zero-order valence-electron chi connectivity index (χ0n) is 19.0. The van der Waals surface area contributed by atoms with E-state index in [4.69, 9.17) is 0 Å². The predicted octanol–water partition coefficient (Wildman–Crippen LogP) is 6.32. The molecule has 4 aromatic rings. The summed E-state index contributed by atoms with van der Waals surface area (Å²) in [6.45, 7) is 1.57. The van der Waals surface area contributed by atoms with Crippen molar-refractivity contribution in [3.05, 3.63) is 77.7 Å². The van der Waals surface area contributed by atoms with E-state index in [1.807, 2.05) is 4.90 Å². The third kappa shape index (κ3) is 5.32. The number of pyridine rings is 1. The fourth-order valence-electron chi connectivity index (χ4n) is 3.95. The summed E-state index contributed by atoms with van der Waals surface area (Å²) in [6.07, 6.45) is -6.12. The number of hydrogen-bond acceptors (Lipinski definition) is 6. The standard InChI is InChI=1S/C25H18F6N6/c26-24(27,28)16-4-6-17(7-5-16)34-23-18-8-3-15(22-19(25(29,30)31)2-1-9-33-22)12-20(18)35-21(36-23)13-37-11-10-32-14-37/h1-9,12,14H,10-11,13H2,(H,34,35,36). The maximum Gasteiger partial charge on any atom is 0.418 e. The van der Waals surface area contributed by atoms with Gasteiger partial charge in [-0.25, -0.2) is 9.97 Å². The first-order valence-electron chi connectivity index (χ1n) is 11.1. The van der Waals surface area contributed by atoms with Crippen molar-refractivity contribution < 1.29 is 26.3 Å². The third-order valence-electron chi connectivity index (χ3n) is 5.71. The molecule has 0 spiro atoms. The summed E-state index contributed by atoms with van der Waals surface area (Å²) in [6, 6.07) is 11.2. The number of halogens is 6. The highest BCUT2D eigenvalue weighted by Crippen LogP contribution is 2.37. The Labute approximate surface area is 206 Å². The van der Waals surface area contributed by atoms with Crippen molar-refractivity contribution in [1.82, 2.24) is 19.9 Å². The molecule has 1 aliphatic heterocycles. The number of aromatic nitrogens is 3. The smallest absolute Gasteiger partial charge is 0.354 e. The molecule has 1 N–H and O–H groups in total. The zero-order chi connectivity index (χ0) is 26.2. The van der Waals surface area contributed by atoms with Gasteiger partial charge in [0.1, 0.15) is 5.82 Å². The summed E-state index contributed by atoms with van der Waals surface area (Å²) < 4.78 is 79.6. The van der Waals surface area contributed by atoms with E-state index in [2.05, 4.69) is 25.3 Å². The van der Waals surface area contributed by atoms with E-state index in [-0.39, 0.29) is 11.3 Å². The van der Waals surface area contributed by atoms with Crippen molar-refractivity contribution in [2.24, 2.45) is 4.99 Å². The average Bonchev–Trinajstić information content (AvgIpc) is 3.36. The molecule has 6 nitrogen and oxygen atoms in total. The summed E-state index contributed by atoms with van der Waals surface area (Å²) in [5.41, 5.74) is -0.976. The summed E-state index contributed by atoms with van der Waals surface area (Å²) in [4.78, 5) is 19.1. The van der Waals surface area contributed by atoms with Crippen LogP contribution in [0.2, 0.25) is 0 Å². The Morgan fingerprint density at radius 1 is 0.892 bits per heavy atom. The first-order chi connectivity index (χ1) is 17.6. The lowest BCUT2D eigenvalue weighted by Crippen LogP contribution is -2.20. The molecule has 0 radical (unpaired) electrons. The van der Waals surface area contributed by atoms with Gasteiger partial charge in [-0.05, 0) is 48.5 Å². The van der Waals surface area contributed by atoms with Gasteiger partial charge >= 0.3 is 12.4 Å². The molecule has 5 rings (SSSR count). The van der Waals surface area contributed by atoms with Crippen LogP contribution in [0.3, 0.4) is 0 Å². The van der Waals surface area contributed by atoms with E-state index in [0.29, 0.717) is 47.9 Å². The molecule has 0 aliphatic carbocycles. The highest BCUT2D eigenvalue weighted by Gasteiger charge is 2.34. The van der Waals surface area contributed by atoms with Crippen molar-refractivity contribution in [2.75, 3.05) is 18.4 Å². The Hall–Kier alpha value is -4.22. The van der Waals surface area contributed by atoms with Gasteiger partial charge in [0, 0.05) is 29.4 Å². The molecule has 37 heavy (non-hydrogen) atoms. The number of anilines is 2. The number of hydrogen-bond donors (Lipinski definition) is 1. The fraction of sp³-hybridized carbons (Fsp3) is 0.200. The topological polar surface area (TPSA) is 66.3 Å². The molecule has 0 bridgehead atoms. The molecule has 0 fully saturated rings. The second-order valence-electron chi connectivity index (χ2n) is 8.31. The number of nitrogens with one attached hydrogen (secondary N) is 1. The predicted molar refractivity (Wildman–Crippen MR) is 126 cm³/mol. The summed E-state index contributed by atoms with van der Waals surface area (Å²) >= 11 is 0. The number of aliphatic imine (C=N–C) groups is 1. The van der Waals surface area contributed by atoms with Crippen LogP contribution >= 0.6 is 0 Å². The van der Waals surface area contributed by atoms with Crippen molar-refractivity contribution in [1.29, 1.82) is 0 Å². The van der Waals surface area contributed by atoms with Gasteiger partial charge in [-0.2, -0.15) is 26.3 Å². The van der Waals surface area contributed by atoms with Crippen LogP contribution < -0.4 is 5.32 Å². The second-order valence-corrected chi connectivity index (χ2v) is 8.31.